The second-order valence-electron chi connectivity index (χ2n) is 3.63. The molecule has 1 N–H and O–H groups in total. The topological polar surface area (TPSA) is 55.4 Å². The summed E-state index contributed by atoms with van der Waals surface area (Å²) in [6, 6.07) is 0. The van der Waals surface area contributed by atoms with Crippen LogP contribution in [0.4, 0.5) is 0 Å². The Morgan fingerprint density at radius 1 is 1.67 bits per heavy atom. The Labute approximate surface area is 70.3 Å². The van der Waals surface area contributed by atoms with Crippen molar-refractivity contribution in [2.75, 3.05) is 7.11 Å². The minimum Gasteiger partial charge on any atom is -0.469 e. The Kier molecular flexibility index (Phi) is 1.40. The zero-order valence-electron chi connectivity index (χ0n) is 6.92. The maximum Gasteiger partial charge on any atom is 0.308 e. The molecule has 1 amide bonds. The molecule has 2 fully saturated rings. The van der Waals surface area contributed by atoms with Crippen LogP contribution in [0.5, 0.6) is 0 Å². The van der Waals surface area contributed by atoms with Crippen molar-refractivity contribution < 1.29 is 14.3 Å². The lowest BCUT2D eigenvalue weighted by molar-refractivity contribution is -0.158. The van der Waals surface area contributed by atoms with Crippen LogP contribution in [-0.2, 0) is 14.3 Å². The van der Waals surface area contributed by atoms with E-state index in [0.29, 0.717) is 6.42 Å². The molecule has 1 saturated carbocycles. The number of hydrogen-bond donors (Lipinski definition) is 1. The largest absolute Gasteiger partial charge is 0.469 e. The molecule has 0 aromatic heterocycles. The molecule has 0 radical (unpaired) electrons. The number of ether oxygens (including phenoxy) is 1. The van der Waals surface area contributed by atoms with Gasteiger partial charge in [0, 0.05) is 6.42 Å². The second-order valence-corrected chi connectivity index (χ2v) is 3.63. The Morgan fingerprint density at radius 3 is 2.67 bits per heavy atom. The zero-order valence-corrected chi connectivity index (χ0v) is 6.92. The van der Waals surface area contributed by atoms with Crippen molar-refractivity contribution in [3.05, 3.63) is 0 Å². The number of carbonyl (C=O) groups is 2. The van der Waals surface area contributed by atoms with Crippen LogP contribution >= 0.6 is 0 Å². The van der Waals surface area contributed by atoms with Crippen molar-refractivity contribution in [3.63, 3.8) is 0 Å². The fourth-order valence-corrected chi connectivity index (χ4v) is 2.05. The number of nitrogens with one attached hydrogen (secondary N) is 1. The van der Waals surface area contributed by atoms with Gasteiger partial charge in [0.05, 0.1) is 18.6 Å². The lowest BCUT2D eigenvalue weighted by Gasteiger charge is -2.52. The first-order valence-electron chi connectivity index (χ1n) is 4.04. The maximum atomic E-state index is 11.0. The van der Waals surface area contributed by atoms with E-state index < -0.39 is 0 Å². The number of rotatable bonds is 1. The quantitative estimate of drug-likeness (QED) is 0.438. The zero-order chi connectivity index (χ0) is 8.77. The average molecular weight is 169 g/mol. The van der Waals surface area contributed by atoms with Crippen LogP contribution in [0.2, 0.25) is 0 Å². The molecule has 1 saturated heterocycles. The third-order valence-corrected chi connectivity index (χ3v) is 2.71. The van der Waals surface area contributed by atoms with E-state index in [1.165, 1.54) is 7.11 Å². The van der Waals surface area contributed by atoms with Crippen molar-refractivity contribution >= 4 is 11.9 Å². The summed E-state index contributed by atoms with van der Waals surface area (Å²) in [6.07, 6.45) is 2.09. The molecule has 66 valence electrons. The first-order chi connectivity index (χ1) is 5.65. The van der Waals surface area contributed by atoms with E-state index >= 15 is 0 Å². The lowest BCUT2D eigenvalue weighted by Crippen LogP contribution is -2.68. The number of hydrogen-bond acceptors (Lipinski definition) is 3. The fraction of sp³-hybridized carbons (Fsp3) is 0.750. The van der Waals surface area contributed by atoms with E-state index in [2.05, 4.69) is 10.1 Å². The van der Waals surface area contributed by atoms with E-state index in [-0.39, 0.29) is 23.3 Å². The van der Waals surface area contributed by atoms with Crippen LogP contribution in [0.1, 0.15) is 19.3 Å². The molecule has 1 aliphatic carbocycles. The monoisotopic (exact) mass is 169 g/mol. The number of amides is 1. The SMILES string of the molecule is COC(=O)C1CC2(CC(=O)N2)C1. The molecule has 2 aliphatic rings. The minimum absolute atomic E-state index is 0.00981. The molecule has 0 aromatic rings. The molecule has 4 heteroatoms. The second kappa shape index (κ2) is 2.21. The average Bonchev–Trinajstić information content (AvgIpc) is 1.92. The number of esters is 1. The van der Waals surface area contributed by atoms with Crippen LogP contribution in [0.3, 0.4) is 0 Å². The van der Waals surface area contributed by atoms with Crippen molar-refractivity contribution in [1.82, 2.24) is 5.32 Å². The Hall–Kier alpha value is -1.06. The van der Waals surface area contributed by atoms with Crippen molar-refractivity contribution in [2.24, 2.45) is 5.92 Å². The van der Waals surface area contributed by atoms with E-state index in [0.717, 1.165) is 12.8 Å². The number of β-lactam (4-membered cyclic amide) rings is 1. The summed E-state index contributed by atoms with van der Waals surface area (Å²) in [5.74, 6) is -0.0457. The molecular formula is C8H11NO3. The van der Waals surface area contributed by atoms with Crippen LogP contribution in [-0.4, -0.2) is 24.5 Å². The molecule has 1 spiro atoms. The summed E-state index contributed by atoms with van der Waals surface area (Å²) in [4.78, 5) is 21.6. The molecule has 1 heterocycles. The summed E-state index contributed by atoms with van der Waals surface area (Å²) in [7, 11) is 1.40. The van der Waals surface area contributed by atoms with E-state index in [4.69, 9.17) is 0 Å². The van der Waals surface area contributed by atoms with E-state index in [1.807, 2.05) is 0 Å². The molecule has 0 unspecified atom stereocenters. The van der Waals surface area contributed by atoms with Crippen LogP contribution in [0.15, 0.2) is 0 Å². The van der Waals surface area contributed by atoms with Gasteiger partial charge in [0.2, 0.25) is 5.91 Å². The van der Waals surface area contributed by atoms with Gasteiger partial charge in [0.15, 0.2) is 0 Å². The molecular weight excluding hydrogens is 158 g/mol. The molecule has 0 bridgehead atoms. The van der Waals surface area contributed by atoms with Gasteiger partial charge >= 0.3 is 5.97 Å². The van der Waals surface area contributed by atoms with E-state index in [1.54, 1.807) is 0 Å². The van der Waals surface area contributed by atoms with Crippen LogP contribution in [0, 0.1) is 5.92 Å². The molecule has 4 nitrogen and oxygen atoms in total. The fourth-order valence-electron chi connectivity index (χ4n) is 2.05. The molecule has 2 rings (SSSR count). The Bertz CT molecular complexity index is 233. The number of methoxy groups -OCH3 is 1. The van der Waals surface area contributed by atoms with Crippen molar-refractivity contribution in [1.29, 1.82) is 0 Å². The van der Waals surface area contributed by atoms with Gasteiger partial charge in [0.1, 0.15) is 0 Å². The summed E-state index contributed by atoms with van der Waals surface area (Å²) >= 11 is 0. The van der Waals surface area contributed by atoms with Gasteiger partial charge in [-0.2, -0.15) is 0 Å². The van der Waals surface area contributed by atoms with Gasteiger partial charge in [0.25, 0.3) is 0 Å². The Balaban J connectivity index is 1.84. The normalized spacial score (nSPS) is 38.1. The summed E-state index contributed by atoms with van der Waals surface area (Å²) in [5.41, 5.74) is -0.0318. The lowest BCUT2D eigenvalue weighted by atomic mass is 9.63. The highest BCUT2D eigenvalue weighted by Gasteiger charge is 2.55. The van der Waals surface area contributed by atoms with Crippen molar-refractivity contribution in [3.8, 4) is 0 Å². The van der Waals surface area contributed by atoms with Gasteiger partial charge in [-0.25, -0.2) is 0 Å². The van der Waals surface area contributed by atoms with E-state index in [9.17, 15) is 9.59 Å². The van der Waals surface area contributed by atoms with Crippen LogP contribution in [0.25, 0.3) is 0 Å². The number of carbonyl (C=O) groups excluding carboxylic acids is 2. The van der Waals surface area contributed by atoms with Crippen molar-refractivity contribution in [2.45, 2.75) is 24.8 Å². The predicted molar refractivity (Wildman–Crippen MR) is 40.2 cm³/mol. The minimum atomic E-state index is -0.151. The highest BCUT2D eigenvalue weighted by molar-refractivity contribution is 5.87. The summed E-state index contributed by atoms with van der Waals surface area (Å²) in [5, 5.41) is 2.82. The van der Waals surface area contributed by atoms with Gasteiger partial charge in [-0.3, -0.25) is 9.59 Å². The first-order valence-corrected chi connectivity index (χ1v) is 4.04. The summed E-state index contributed by atoms with van der Waals surface area (Å²) < 4.78 is 4.59. The first kappa shape index (κ1) is 7.58. The van der Waals surface area contributed by atoms with Gasteiger partial charge < -0.3 is 10.1 Å². The molecule has 1 aliphatic heterocycles. The smallest absolute Gasteiger partial charge is 0.308 e. The third kappa shape index (κ3) is 0.906. The third-order valence-electron chi connectivity index (χ3n) is 2.71. The summed E-state index contributed by atoms with van der Waals surface area (Å²) in [6.45, 7) is 0. The van der Waals surface area contributed by atoms with Gasteiger partial charge in [-0.15, -0.1) is 0 Å². The Morgan fingerprint density at radius 2 is 2.25 bits per heavy atom. The highest BCUT2D eigenvalue weighted by atomic mass is 16.5. The highest BCUT2D eigenvalue weighted by Crippen LogP contribution is 2.45. The maximum absolute atomic E-state index is 11.0. The molecule has 0 aromatic carbocycles. The van der Waals surface area contributed by atoms with Crippen LogP contribution < -0.4 is 5.32 Å². The predicted octanol–water partition coefficient (Wildman–Crippen LogP) is -0.172. The standard InChI is InChI=1S/C8H11NO3/c1-12-7(11)5-2-8(3-5)4-6(10)9-8/h5H,2-4H2,1H3,(H,9,10). The van der Waals surface area contributed by atoms with Gasteiger partial charge in [-0.05, 0) is 12.8 Å². The van der Waals surface area contributed by atoms with Gasteiger partial charge in [-0.1, -0.05) is 0 Å². The molecule has 12 heavy (non-hydrogen) atoms. The molecule has 0 atom stereocenters.